The molecule has 5 heteroatoms. The van der Waals surface area contributed by atoms with E-state index in [1.54, 1.807) is 17.0 Å². The first-order chi connectivity index (χ1) is 9.75. The number of hydrogen-bond acceptors (Lipinski definition) is 3. The predicted octanol–water partition coefficient (Wildman–Crippen LogP) is 1.51. The summed E-state index contributed by atoms with van der Waals surface area (Å²) in [5.74, 6) is 0.105. The number of nitrogens with one attached hydrogen (secondary N) is 1. The summed E-state index contributed by atoms with van der Waals surface area (Å²) in [6.45, 7) is 2.35. The molecule has 0 atom stereocenters. The van der Waals surface area contributed by atoms with Gasteiger partial charge in [0.05, 0.1) is 24.5 Å². The molecule has 1 aliphatic carbocycles. The molecule has 1 aromatic carbocycles. The lowest BCUT2D eigenvalue weighted by Crippen LogP contribution is -2.41. The first kappa shape index (κ1) is 13.1. The Morgan fingerprint density at radius 2 is 1.85 bits per heavy atom. The van der Waals surface area contributed by atoms with Crippen LogP contribution in [0.4, 0.5) is 5.69 Å². The highest BCUT2D eigenvalue weighted by Gasteiger charge is 2.30. The van der Waals surface area contributed by atoms with Crippen molar-refractivity contribution in [3.63, 3.8) is 0 Å². The highest BCUT2D eigenvalue weighted by Crippen LogP contribution is 2.30. The summed E-state index contributed by atoms with van der Waals surface area (Å²) < 4.78 is 5.26. The molecule has 1 N–H and O–H groups in total. The number of carbonyl (C=O) groups is 2. The zero-order valence-electron chi connectivity index (χ0n) is 11.3. The third kappa shape index (κ3) is 2.82. The number of nitrogens with zero attached hydrogens (tertiary/aromatic N) is 1. The van der Waals surface area contributed by atoms with Crippen LogP contribution in [0, 0.1) is 5.92 Å². The van der Waals surface area contributed by atoms with E-state index in [2.05, 4.69) is 5.32 Å². The monoisotopic (exact) mass is 274 g/mol. The Morgan fingerprint density at radius 1 is 1.15 bits per heavy atom. The summed E-state index contributed by atoms with van der Waals surface area (Å²) in [5.41, 5.74) is 1.17. The lowest BCUT2D eigenvalue weighted by Gasteiger charge is -2.27. The zero-order valence-corrected chi connectivity index (χ0v) is 11.3. The van der Waals surface area contributed by atoms with Gasteiger partial charge in [0.25, 0.3) is 5.91 Å². The molecule has 2 amide bonds. The van der Waals surface area contributed by atoms with Crippen LogP contribution >= 0.6 is 0 Å². The fourth-order valence-corrected chi connectivity index (χ4v) is 2.30. The van der Waals surface area contributed by atoms with Gasteiger partial charge in [-0.25, -0.2) is 0 Å². The predicted molar refractivity (Wildman–Crippen MR) is 74.5 cm³/mol. The maximum atomic E-state index is 12.5. The first-order valence-corrected chi connectivity index (χ1v) is 7.02. The molecule has 1 saturated carbocycles. The molecule has 5 nitrogen and oxygen atoms in total. The van der Waals surface area contributed by atoms with Crippen LogP contribution in [-0.2, 0) is 9.53 Å². The van der Waals surface area contributed by atoms with Crippen LogP contribution in [0.25, 0.3) is 0 Å². The molecule has 20 heavy (non-hydrogen) atoms. The minimum atomic E-state index is -0.0417. The van der Waals surface area contributed by atoms with Gasteiger partial charge in [-0.05, 0) is 25.0 Å². The van der Waals surface area contributed by atoms with Crippen LogP contribution < -0.4 is 5.32 Å². The summed E-state index contributed by atoms with van der Waals surface area (Å²) in [7, 11) is 0. The van der Waals surface area contributed by atoms with E-state index in [0.29, 0.717) is 37.6 Å². The van der Waals surface area contributed by atoms with Crippen LogP contribution in [0.3, 0.4) is 0 Å². The van der Waals surface area contributed by atoms with Crippen LogP contribution in [0.5, 0.6) is 0 Å². The maximum Gasteiger partial charge on any atom is 0.256 e. The molecule has 0 spiro atoms. The molecule has 0 aromatic heterocycles. The van der Waals surface area contributed by atoms with Crippen LogP contribution in [0.2, 0.25) is 0 Å². The summed E-state index contributed by atoms with van der Waals surface area (Å²) >= 11 is 0. The lowest BCUT2D eigenvalue weighted by molar-refractivity contribution is -0.117. The van der Waals surface area contributed by atoms with E-state index in [1.165, 1.54) is 0 Å². The topological polar surface area (TPSA) is 58.6 Å². The molecule has 0 radical (unpaired) electrons. The number of anilines is 1. The highest BCUT2D eigenvalue weighted by molar-refractivity contribution is 6.04. The van der Waals surface area contributed by atoms with E-state index in [1.807, 2.05) is 12.1 Å². The van der Waals surface area contributed by atoms with Crippen molar-refractivity contribution >= 4 is 17.5 Å². The fraction of sp³-hybridized carbons (Fsp3) is 0.467. The molecule has 0 unspecified atom stereocenters. The van der Waals surface area contributed by atoms with Crippen molar-refractivity contribution in [1.29, 1.82) is 0 Å². The zero-order chi connectivity index (χ0) is 13.9. The Balaban J connectivity index is 1.77. The van der Waals surface area contributed by atoms with Gasteiger partial charge in [-0.2, -0.15) is 0 Å². The average Bonchev–Trinajstić information content (AvgIpc) is 3.33. The number of morpholine rings is 1. The number of carbonyl (C=O) groups excluding carboxylic acids is 2. The number of rotatable bonds is 3. The van der Waals surface area contributed by atoms with E-state index >= 15 is 0 Å². The van der Waals surface area contributed by atoms with Crippen LogP contribution in [0.1, 0.15) is 23.2 Å². The van der Waals surface area contributed by atoms with Crippen molar-refractivity contribution < 1.29 is 14.3 Å². The Morgan fingerprint density at radius 3 is 2.55 bits per heavy atom. The second-order valence-corrected chi connectivity index (χ2v) is 5.21. The van der Waals surface area contributed by atoms with Crippen molar-refractivity contribution in [2.75, 3.05) is 31.6 Å². The van der Waals surface area contributed by atoms with E-state index in [9.17, 15) is 9.59 Å². The van der Waals surface area contributed by atoms with Gasteiger partial charge in [0.15, 0.2) is 0 Å². The Labute approximate surface area is 117 Å². The third-order valence-electron chi connectivity index (χ3n) is 3.66. The largest absolute Gasteiger partial charge is 0.378 e. The minimum absolute atomic E-state index is 0.0206. The minimum Gasteiger partial charge on any atom is -0.378 e. The van der Waals surface area contributed by atoms with E-state index < -0.39 is 0 Å². The number of hydrogen-bond donors (Lipinski definition) is 1. The first-order valence-electron chi connectivity index (χ1n) is 7.02. The van der Waals surface area contributed by atoms with Crippen molar-refractivity contribution in [1.82, 2.24) is 4.90 Å². The van der Waals surface area contributed by atoms with Gasteiger partial charge in [-0.3, -0.25) is 9.59 Å². The van der Waals surface area contributed by atoms with Gasteiger partial charge in [0, 0.05) is 19.0 Å². The lowest BCUT2D eigenvalue weighted by atomic mass is 10.1. The molecule has 3 rings (SSSR count). The number of amides is 2. The number of para-hydroxylation sites is 1. The molecular weight excluding hydrogens is 256 g/mol. The Hall–Kier alpha value is -1.88. The molecular formula is C15H18N2O3. The van der Waals surface area contributed by atoms with E-state index in [4.69, 9.17) is 4.74 Å². The second-order valence-electron chi connectivity index (χ2n) is 5.21. The quantitative estimate of drug-likeness (QED) is 0.909. The molecule has 2 aliphatic rings. The van der Waals surface area contributed by atoms with Crippen molar-refractivity contribution in [3.05, 3.63) is 29.8 Å². The van der Waals surface area contributed by atoms with Crippen LogP contribution in [-0.4, -0.2) is 43.0 Å². The second kappa shape index (κ2) is 5.63. The number of benzene rings is 1. The molecule has 1 aliphatic heterocycles. The van der Waals surface area contributed by atoms with Gasteiger partial charge in [0.1, 0.15) is 0 Å². The molecule has 1 aromatic rings. The molecule has 2 fully saturated rings. The standard InChI is InChI=1S/C15H18N2O3/c18-14(11-5-6-11)16-13-4-2-1-3-12(13)15(19)17-7-9-20-10-8-17/h1-4,11H,5-10H2,(H,16,18). The Bertz CT molecular complexity index is 520. The molecule has 1 heterocycles. The Kier molecular flexibility index (Phi) is 3.69. The van der Waals surface area contributed by atoms with E-state index in [-0.39, 0.29) is 17.7 Å². The highest BCUT2D eigenvalue weighted by atomic mass is 16.5. The van der Waals surface area contributed by atoms with E-state index in [0.717, 1.165) is 12.8 Å². The molecule has 1 saturated heterocycles. The van der Waals surface area contributed by atoms with Gasteiger partial charge in [-0.1, -0.05) is 12.1 Å². The summed E-state index contributed by atoms with van der Waals surface area (Å²) in [4.78, 5) is 26.1. The van der Waals surface area contributed by atoms with Crippen LogP contribution in [0.15, 0.2) is 24.3 Å². The summed E-state index contributed by atoms with van der Waals surface area (Å²) in [6, 6.07) is 7.20. The maximum absolute atomic E-state index is 12.5. The van der Waals surface area contributed by atoms with Gasteiger partial charge in [0.2, 0.25) is 5.91 Å². The average molecular weight is 274 g/mol. The smallest absolute Gasteiger partial charge is 0.256 e. The summed E-state index contributed by atoms with van der Waals surface area (Å²) in [5, 5.41) is 2.87. The third-order valence-corrected chi connectivity index (χ3v) is 3.66. The van der Waals surface area contributed by atoms with Crippen molar-refractivity contribution in [2.45, 2.75) is 12.8 Å². The van der Waals surface area contributed by atoms with Gasteiger partial charge >= 0.3 is 0 Å². The van der Waals surface area contributed by atoms with Gasteiger partial charge < -0.3 is 15.0 Å². The molecule has 106 valence electrons. The normalized spacial score (nSPS) is 18.7. The van der Waals surface area contributed by atoms with Crippen molar-refractivity contribution in [3.8, 4) is 0 Å². The molecule has 0 bridgehead atoms. The SMILES string of the molecule is O=C(Nc1ccccc1C(=O)N1CCOCC1)C1CC1. The van der Waals surface area contributed by atoms with Crippen molar-refractivity contribution in [2.24, 2.45) is 5.92 Å². The summed E-state index contributed by atoms with van der Waals surface area (Å²) in [6.07, 6.45) is 1.90. The fourth-order valence-electron chi connectivity index (χ4n) is 2.30. The number of ether oxygens (including phenoxy) is 1. The van der Waals surface area contributed by atoms with Gasteiger partial charge in [-0.15, -0.1) is 0 Å².